The second kappa shape index (κ2) is 8.71. The molecule has 6 nitrogen and oxygen atoms in total. The Balaban J connectivity index is 1.30. The molecule has 0 saturated carbocycles. The number of anilines is 1. The first-order chi connectivity index (χ1) is 14.1. The summed E-state index contributed by atoms with van der Waals surface area (Å²) in [5, 5.41) is 4.44. The third kappa shape index (κ3) is 4.46. The number of carbonyl (C=O) groups excluding carboxylic acids is 1. The summed E-state index contributed by atoms with van der Waals surface area (Å²) in [7, 11) is 0. The molecule has 2 aromatic carbocycles. The number of hydrogen-bond acceptors (Lipinski definition) is 5. The molecule has 0 spiro atoms. The highest BCUT2D eigenvalue weighted by molar-refractivity contribution is 6.31. The van der Waals surface area contributed by atoms with Gasteiger partial charge < -0.3 is 10.2 Å². The molecule has 150 valence electrons. The normalized spacial score (nSPS) is 14.9. The summed E-state index contributed by atoms with van der Waals surface area (Å²) >= 11 is 6.06. The third-order valence-electron chi connectivity index (χ3n) is 5.08. The summed E-state index contributed by atoms with van der Waals surface area (Å²) in [6.45, 7) is 4.56. The number of carbonyl (C=O) groups is 1. The van der Waals surface area contributed by atoms with Crippen LogP contribution < -0.4 is 10.2 Å². The van der Waals surface area contributed by atoms with E-state index in [1.807, 2.05) is 18.2 Å². The maximum atomic E-state index is 13.7. The topological polar surface area (TPSA) is 61.4 Å². The Morgan fingerprint density at radius 3 is 2.69 bits per heavy atom. The fraction of sp³-hybridized carbons (Fsp3) is 0.286. The molecule has 1 amide bonds. The molecule has 1 aliphatic rings. The van der Waals surface area contributed by atoms with Crippen LogP contribution in [0, 0.1) is 5.82 Å². The van der Waals surface area contributed by atoms with Crippen molar-refractivity contribution in [3.8, 4) is 0 Å². The molecule has 0 radical (unpaired) electrons. The average molecular weight is 414 g/mol. The molecule has 1 saturated heterocycles. The Bertz CT molecular complexity index is 1020. The van der Waals surface area contributed by atoms with Gasteiger partial charge >= 0.3 is 0 Å². The van der Waals surface area contributed by atoms with Gasteiger partial charge in [-0.3, -0.25) is 9.69 Å². The predicted molar refractivity (Wildman–Crippen MR) is 112 cm³/mol. The first-order valence-corrected chi connectivity index (χ1v) is 9.90. The van der Waals surface area contributed by atoms with Gasteiger partial charge in [-0.15, -0.1) is 0 Å². The molecule has 3 aromatic rings. The Morgan fingerprint density at radius 1 is 1.10 bits per heavy atom. The van der Waals surface area contributed by atoms with Crippen LogP contribution >= 0.6 is 11.6 Å². The molecule has 8 heteroatoms. The lowest BCUT2D eigenvalue weighted by atomic mass is 10.2. The molecule has 29 heavy (non-hydrogen) atoms. The van der Waals surface area contributed by atoms with Crippen molar-refractivity contribution in [2.45, 2.75) is 0 Å². The summed E-state index contributed by atoms with van der Waals surface area (Å²) in [5.74, 6) is 0.0315. The van der Waals surface area contributed by atoms with Crippen LogP contribution in [0.1, 0.15) is 10.4 Å². The van der Waals surface area contributed by atoms with Crippen molar-refractivity contribution >= 4 is 34.2 Å². The number of piperazine rings is 1. The van der Waals surface area contributed by atoms with E-state index < -0.39 is 5.82 Å². The zero-order valence-electron chi connectivity index (χ0n) is 15.8. The van der Waals surface area contributed by atoms with Crippen LogP contribution in [0.2, 0.25) is 5.02 Å². The van der Waals surface area contributed by atoms with Gasteiger partial charge in [-0.1, -0.05) is 23.7 Å². The van der Waals surface area contributed by atoms with Crippen molar-refractivity contribution in [2.75, 3.05) is 44.2 Å². The highest BCUT2D eigenvalue weighted by Gasteiger charge is 2.20. The molecule has 0 unspecified atom stereocenters. The van der Waals surface area contributed by atoms with Gasteiger partial charge in [0, 0.05) is 49.7 Å². The lowest BCUT2D eigenvalue weighted by molar-refractivity contribution is 0.0943. The minimum Gasteiger partial charge on any atom is -0.353 e. The Morgan fingerprint density at radius 2 is 1.90 bits per heavy atom. The van der Waals surface area contributed by atoms with E-state index in [0.29, 0.717) is 18.1 Å². The first-order valence-electron chi connectivity index (χ1n) is 9.52. The second-order valence-electron chi connectivity index (χ2n) is 6.92. The number of amides is 1. The molecule has 0 atom stereocenters. The van der Waals surface area contributed by atoms with E-state index in [9.17, 15) is 9.18 Å². The van der Waals surface area contributed by atoms with Crippen LogP contribution in [0.5, 0.6) is 0 Å². The van der Waals surface area contributed by atoms with E-state index in [-0.39, 0.29) is 11.5 Å². The minimum atomic E-state index is -0.503. The van der Waals surface area contributed by atoms with Crippen molar-refractivity contribution in [2.24, 2.45) is 0 Å². The number of hydrogen-bond donors (Lipinski definition) is 1. The van der Waals surface area contributed by atoms with Crippen molar-refractivity contribution in [3.63, 3.8) is 0 Å². The van der Waals surface area contributed by atoms with Crippen LogP contribution in [0.3, 0.4) is 0 Å². The van der Waals surface area contributed by atoms with Crippen LogP contribution in [0.15, 0.2) is 48.8 Å². The van der Waals surface area contributed by atoms with Crippen LogP contribution in [-0.4, -0.2) is 60.0 Å². The van der Waals surface area contributed by atoms with Gasteiger partial charge in [0.05, 0.1) is 11.1 Å². The molecule has 0 aliphatic carbocycles. The summed E-state index contributed by atoms with van der Waals surface area (Å²) in [5.41, 5.74) is 0.911. The molecule has 4 rings (SSSR count). The molecular weight excluding hydrogens is 393 g/mol. The number of aromatic nitrogens is 2. The fourth-order valence-corrected chi connectivity index (χ4v) is 3.69. The summed E-state index contributed by atoms with van der Waals surface area (Å²) in [6.07, 6.45) is 1.57. The molecule has 1 aromatic heterocycles. The van der Waals surface area contributed by atoms with Gasteiger partial charge in [0.25, 0.3) is 5.91 Å². The minimum absolute atomic E-state index is 0.0769. The Labute approximate surface area is 173 Å². The molecule has 1 aliphatic heterocycles. The van der Waals surface area contributed by atoms with Gasteiger partial charge in [-0.25, -0.2) is 14.4 Å². The molecule has 1 fully saturated rings. The zero-order valence-corrected chi connectivity index (χ0v) is 16.6. The highest BCUT2D eigenvalue weighted by Crippen LogP contribution is 2.26. The van der Waals surface area contributed by atoms with Crippen LogP contribution in [0.25, 0.3) is 10.9 Å². The average Bonchev–Trinajstić information content (AvgIpc) is 2.74. The second-order valence-corrected chi connectivity index (χ2v) is 7.36. The van der Waals surface area contributed by atoms with E-state index in [0.717, 1.165) is 42.9 Å². The Hall–Kier alpha value is -2.77. The van der Waals surface area contributed by atoms with E-state index >= 15 is 0 Å². The largest absolute Gasteiger partial charge is 0.353 e. The molecule has 2 heterocycles. The number of fused-ring (bicyclic) bond motifs is 1. The monoisotopic (exact) mass is 413 g/mol. The number of halogens is 2. The smallest absolute Gasteiger partial charge is 0.254 e. The van der Waals surface area contributed by atoms with Crippen molar-refractivity contribution in [3.05, 3.63) is 65.2 Å². The van der Waals surface area contributed by atoms with Crippen molar-refractivity contribution < 1.29 is 9.18 Å². The van der Waals surface area contributed by atoms with Gasteiger partial charge in [0.2, 0.25) is 0 Å². The van der Waals surface area contributed by atoms with Crippen molar-refractivity contribution in [1.82, 2.24) is 20.2 Å². The molecular formula is C21H21ClFN5O. The van der Waals surface area contributed by atoms with Gasteiger partial charge in [-0.2, -0.15) is 0 Å². The first kappa shape index (κ1) is 19.5. The quantitative estimate of drug-likeness (QED) is 0.696. The van der Waals surface area contributed by atoms with E-state index in [1.165, 1.54) is 12.1 Å². The maximum absolute atomic E-state index is 13.7. The maximum Gasteiger partial charge on any atom is 0.254 e. The third-order valence-corrected chi connectivity index (χ3v) is 5.32. The van der Waals surface area contributed by atoms with Gasteiger partial charge in [-0.05, 0) is 30.3 Å². The van der Waals surface area contributed by atoms with Gasteiger partial charge in [0.15, 0.2) is 0 Å². The lowest BCUT2D eigenvalue weighted by Gasteiger charge is -2.35. The highest BCUT2D eigenvalue weighted by atomic mass is 35.5. The molecule has 0 bridgehead atoms. The SMILES string of the molecule is O=C(NCCN1CCN(c2ncnc3cc(Cl)ccc23)CC1)c1ccccc1F. The summed E-state index contributed by atoms with van der Waals surface area (Å²) < 4.78 is 13.7. The Kier molecular flexibility index (Phi) is 5.87. The standard InChI is InChI=1S/C21H21ClFN5O/c22-15-5-6-17-19(13-15)25-14-26-20(17)28-11-9-27(10-12-28)8-7-24-21(29)16-3-1-2-4-18(16)23/h1-6,13-14H,7-12H2,(H,24,29). The molecule has 1 N–H and O–H groups in total. The van der Waals surface area contributed by atoms with E-state index in [4.69, 9.17) is 11.6 Å². The lowest BCUT2D eigenvalue weighted by Crippen LogP contribution is -2.48. The van der Waals surface area contributed by atoms with Crippen molar-refractivity contribution in [1.29, 1.82) is 0 Å². The number of benzene rings is 2. The number of nitrogens with one attached hydrogen (secondary N) is 1. The number of rotatable bonds is 5. The number of nitrogens with zero attached hydrogens (tertiary/aromatic N) is 4. The van der Waals surface area contributed by atoms with Gasteiger partial charge in [0.1, 0.15) is 18.0 Å². The van der Waals surface area contributed by atoms with E-state index in [1.54, 1.807) is 18.5 Å². The van der Waals surface area contributed by atoms with E-state index in [2.05, 4.69) is 25.1 Å². The van der Waals surface area contributed by atoms with Crippen LogP contribution in [0.4, 0.5) is 10.2 Å². The van der Waals surface area contributed by atoms with Crippen LogP contribution in [-0.2, 0) is 0 Å². The summed E-state index contributed by atoms with van der Waals surface area (Å²) in [6, 6.07) is 11.7. The zero-order chi connectivity index (χ0) is 20.2. The predicted octanol–water partition coefficient (Wildman–Crippen LogP) is 2.97. The summed E-state index contributed by atoms with van der Waals surface area (Å²) in [4.78, 5) is 25.4. The fourth-order valence-electron chi connectivity index (χ4n) is 3.52.